The molecule has 0 aliphatic carbocycles. The van der Waals surface area contributed by atoms with Crippen LogP contribution in [0.25, 0.3) is 5.57 Å². The summed E-state index contributed by atoms with van der Waals surface area (Å²) in [5.74, 6) is -0.856. The number of amides is 3. The number of carbonyl (C=O) groups is 3. The number of urea groups is 1. The van der Waals surface area contributed by atoms with Gasteiger partial charge in [0.25, 0.3) is 0 Å². The van der Waals surface area contributed by atoms with Crippen molar-refractivity contribution in [2.75, 3.05) is 10.6 Å². The Balaban J connectivity index is 1.51. The lowest BCUT2D eigenvalue weighted by atomic mass is 9.91. The number of benzene rings is 3. The number of hydrogen-bond donors (Lipinski definition) is 4. The Bertz CT molecular complexity index is 1340. The van der Waals surface area contributed by atoms with Crippen LogP contribution in [0.5, 0.6) is 0 Å². The molecule has 0 radical (unpaired) electrons. The van der Waals surface area contributed by atoms with Gasteiger partial charge in [-0.25, -0.2) is 9.59 Å². The molecule has 1 atom stereocenters. The van der Waals surface area contributed by atoms with Gasteiger partial charge in [0.05, 0.1) is 5.02 Å². The van der Waals surface area contributed by atoms with Crippen LogP contribution in [0.4, 0.5) is 16.2 Å². The number of primary amides is 1. The minimum Gasteiger partial charge on any atom is -0.459 e. The molecule has 190 valence electrons. The Morgan fingerprint density at radius 1 is 1.03 bits per heavy atom. The van der Waals surface area contributed by atoms with Gasteiger partial charge < -0.3 is 26.4 Å². The number of esters is 1. The summed E-state index contributed by atoms with van der Waals surface area (Å²) in [5, 5.41) is 9.19. The second kappa shape index (κ2) is 11.8. The van der Waals surface area contributed by atoms with Gasteiger partial charge in [0.15, 0.2) is 0 Å². The van der Waals surface area contributed by atoms with Crippen molar-refractivity contribution in [3.05, 3.63) is 99.5 Å². The van der Waals surface area contributed by atoms with Gasteiger partial charge in [0.1, 0.15) is 12.6 Å². The maximum absolute atomic E-state index is 12.9. The van der Waals surface area contributed by atoms with Crippen molar-refractivity contribution < 1.29 is 19.1 Å². The van der Waals surface area contributed by atoms with E-state index in [0.717, 1.165) is 11.1 Å². The number of anilines is 2. The zero-order valence-electron chi connectivity index (χ0n) is 19.6. The van der Waals surface area contributed by atoms with Gasteiger partial charge in [0.2, 0.25) is 5.91 Å². The SMILES string of the molecule is NC(=O)NCc1ccc(NC(=O)/C=C2\CC(C(=O)OCc3ccccc3)Nc3cc(Cl)cc(Cl)c32)cc1. The van der Waals surface area contributed by atoms with E-state index in [4.69, 9.17) is 33.7 Å². The molecule has 0 aromatic heterocycles. The number of ether oxygens (including phenoxy) is 1. The normalized spacial score (nSPS) is 15.3. The third kappa shape index (κ3) is 7.03. The maximum Gasteiger partial charge on any atom is 0.329 e. The van der Waals surface area contributed by atoms with Crippen molar-refractivity contribution in [3.63, 3.8) is 0 Å². The van der Waals surface area contributed by atoms with E-state index in [0.29, 0.717) is 32.6 Å². The van der Waals surface area contributed by atoms with Crippen molar-refractivity contribution in [1.82, 2.24) is 5.32 Å². The highest BCUT2D eigenvalue weighted by Gasteiger charge is 2.30. The smallest absolute Gasteiger partial charge is 0.329 e. The van der Waals surface area contributed by atoms with E-state index in [-0.39, 0.29) is 19.6 Å². The third-order valence-corrected chi connectivity index (χ3v) is 6.15. The van der Waals surface area contributed by atoms with Crippen LogP contribution in [-0.4, -0.2) is 23.9 Å². The van der Waals surface area contributed by atoms with E-state index < -0.39 is 23.9 Å². The average Bonchev–Trinajstić information content (AvgIpc) is 2.86. The molecule has 37 heavy (non-hydrogen) atoms. The molecule has 0 fully saturated rings. The van der Waals surface area contributed by atoms with Crippen molar-refractivity contribution in [2.24, 2.45) is 5.73 Å². The lowest BCUT2D eigenvalue weighted by Crippen LogP contribution is -2.35. The van der Waals surface area contributed by atoms with Crippen molar-refractivity contribution in [2.45, 2.75) is 25.6 Å². The predicted molar refractivity (Wildman–Crippen MR) is 144 cm³/mol. The van der Waals surface area contributed by atoms with Crippen LogP contribution in [-0.2, 0) is 27.5 Å². The summed E-state index contributed by atoms with van der Waals surface area (Å²) in [6.07, 6.45) is 1.60. The number of rotatable bonds is 7. The van der Waals surface area contributed by atoms with Crippen molar-refractivity contribution in [3.8, 4) is 0 Å². The largest absolute Gasteiger partial charge is 0.459 e. The van der Waals surface area contributed by atoms with Gasteiger partial charge in [-0.3, -0.25) is 4.79 Å². The molecule has 0 spiro atoms. The molecule has 0 bridgehead atoms. The lowest BCUT2D eigenvalue weighted by Gasteiger charge is -2.28. The van der Waals surface area contributed by atoms with Crippen LogP contribution in [0, 0.1) is 0 Å². The topological polar surface area (TPSA) is 123 Å². The first-order chi connectivity index (χ1) is 17.8. The molecule has 1 aliphatic heterocycles. The third-order valence-electron chi connectivity index (χ3n) is 5.63. The van der Waals surface area contributed by atoms with E-state index in [9.17, 15) is 14.4 Å². The Morgan fingerprint density at radius 3 is 2.46 bits per heavy atom. The van der Waals surface area contributed by atoms with E-state index in [1.807, 2.05) is 30.3 Å². The number of halogens is 2. The van der Waals surface area contributed by atoms with Crippen LogP contribution < -0.4 is 21.7 Å². The molecular weight excluding hydrogens is 515 g/mol. The Kier molecular flexibility index (Phi) is 8.32. The van der Waals surface area contributed by atoms with Gasteiger partial charge in [0, 0.05) is 41.0 Å². The van der Waals surface area contributed by atoms with Crippen molar-refractivity contribution >= 4 is 58.1 Å². The number of fused-ring (bicyclic) bond motifs is 1. The minimum atomic E-state index is -0.734. The van der Waals surface area contributed by atoms with Crippen LogP contribution >= 0.6 is 23.2 Å². The average molecular weight is 539 g/mol. The van der Waals surface area contributed by atoms with Crippen LogP contribution in [0.15, 0.2) is 72.8 Å². The summed E-state index contributed by atoms with van der Waals surface area (Å²) in [6.45, 7) is 0.408. The highest BCUT2D eigenvalue weighted by atomic mass is 35.5. The van der Waals surface area contributed by atoms with Crippen LogP contribution in [0.3, 0.4) is 0 Å². The maximum atomic E-state index is 12.9. The zero-order chi connectivity index (χ0) is 26.4. The van der Waals surface area contributed by atoms with Crippen LogP contribution in [0.2, 0.25) is 10.0 Å². The molecule has 3 aromatic carbocycles. The monoisotopic (exact) mass is 538 g/mol. The summed E-state index contributed by atoms with van der Waals surface area (Å²) in [7, 11) is 0. The highest BCUT2D eigenvalue weighted by molar-refractivity contribution is 6.36. The first-order valence-electron chi connectivity index (χ1n) is 11.4. The first kappa shape index (κ1) is 26.1. The fourth-order valence-electron chi connectivity index (χ4n) is 3.91. The van der Waals surface area contributed by atoms with Gasteiger partial charge >= 0.3 is 12.0 Å². The molecule has 5 N–H and O–H groups in total. The fourth-order valence-corrected chi connectivity index (χ4v) is 4.52. The van der Waals surface area contributed by atoms with E-state index in [2.05, 4.69) is 16.0 Å². The van der Waals surface area contributed by atoms with Gasteiger partial charge in [-0.15, -0.1) is 0 Å². The lowest BCUT2D eigenvalue weighted by molar-refractivity contribution is -0.145. The molecular formula is C27H24Cl2N4O4. The second-order valence-electron chi connectivity index (χ2n) is 8.38. The molecule has 1 unspecified atom stereocenters. The fraction of sp³-hybridized carbons (Fsp3) is 0.148. The minimum absolute atomic E-state index is 0.130. The van der Waals surface area contributed by atoms with E-state index in [1.54, 1.807) is 36.4 Å². The molecule has 1 aliphatic rings. The molecule has 8 nitrogen and oxygen atoms in total. The number of hydrogen-bond acceptors (Lipinski definition) is 5. The predicted octanol–water partition coefficient (Wildman–Crippen LogP) is 5.11. The molecule has 0 saturated carbocycles. The summed E-state index contributed by atoms with van der Waals surface area (Å²) in [4.78, 5) is 36.6. The number of nitrogens with two attached hydrogens (primary N) is 1. The summed E-state index contributed by atoms with van der Waals surface area (Å²) in [5.41, 5.74) is 9.03. The van der Waals surface area contributed by atoms with Gasteiger partial charge in [-0.1, -0.05) is 65.7 Å². The number of carbonyl (C=O) groups excluding carboxylic acids is 3. The first-order valence-corrected chi connectivity index (χ1v) is 12.1. The molecule has 1 heterocycles. The highest BCUT2D eigenvalue weighted by Crippen LogP contribution is 2.40. The molecule has 3 amide bonds. The van der Waals surface area contributed by atoms with E-state index >= 15 is 0 Å². The molecule has 10 heteroatoms. The molecule has 4 rings (SSSR count). The standard InChI is InChI=1S/C27H24Cl2N4O4/c28-19-12-21(29)25-18(11-24(34)32-20-8-6-16(7-9-20)14-31-27(30)36)10-23(33-22(25)13-19)26(35)37-15-17-4-2-1-3-5-17/h1-9,11-13,23,33H,10,14-15H2,(H,32,34)(H3,30,31,36)/b18-11+. The number of nitrogens with one attached hydrogen (secondary N) is 3. The van der Waals surface area contributed by atoms with Gasteiger partial charge in [-0.2, -0.15) is 0 Å². The molecule has 3 aromatic rings. The van der Waals surface area contributed by atoms with Crippen molar-refractivity contribution in [1.29, 1.82) is 0 Å². The summed E-state index contributed by atoms with van der Waals surface area (Å²) in [6, 6.07) is 18.2. The molecule has 0 saturated heterocycles. The Morgan fingerprint density at radius 2 is 1.76 bits per heavy atom. The summed E-state index contributed by atoms with van der Waals surface area (Å²) >= 11 is 12.7. The quantitative estimate of drug-likeness (QED) is 0.246. The second-order valence-corrected chi connectivity index (χ2v) is 9.22. The Labute approximate surface area is 223 Å². The Hall–Kier alpha value is -4.01. The van der Waals surface area contributed by atoms with E-state index in [1.165, 1.54) is 6.08 Å². The zero-order valence-corrected chi connectivity index (χ0v) is 21.1. The van der Waals surface area contributed by atoms with Gasteiger partial charge in [-0.05, 0) is 41.0 Å². The summed E-state index contributed by atoms with van der Waals surface area (Å²) < 4.78 is 5.51. The van der Waals surface area contributed by atoms with Crippen LogP contribution in [0.1, 0.15) is 23.1 Å².